The van der Waals surface area contributed by atoms with E-state index in [1.165, 1.54) is 0 Å². The minimum Gasteiger partial charge on any atom is -0.384 e. The molecule has 0 spiro atoms. The number of fused-ring (bicyclic) bond motifs is 1. The molecule has 0 bridgehead atoms. The van der Waals surface area contributed by atoms with Gasteiger partial charge in [0.15, 0.2) is 10.9 Å². The molecule has 3 aliphatic rings. The van der Waals surface area contributed by atoms with Gasteiger partial charge in [-0.25, -0.2) is 9.97 Å². The number of aromatic nitrogens is 3. The third-order valence-electron chi connectivity index (χ3n) is 8.01. The number of imide groups is 2. The van der Waals surface area contributed by atoms with Gasteiger partial charge >= 0.3 is 0 Å². The minimum absolute atomic E-state index is 0.0764. The average Bonchev–Trinajstić information content (AvgIpc) is 3.79. The lowest BCUT2D eigenvalue weighted by molar-refractivity contribution is -0.136. The summed E-state index contributed by atoms with van der Waals surface area (Å²) in [5.41, 5.74) is 1.38. The van der Waals surface area contributed by atoms with Crippen molar-refractivity contribution in [2.45, 2.75) is 44.6 Å². The van der Waals surface area contributed by atoms with E-state index in [1.54, 1.807) is 46.6 Å². The Bertz CT molecular complexity index is 1610. The van der Waals surface area contributed by atoms with Gasteiger partial charge in [-0.15, -0.1) is 11.3 Å². The number of unbranched alkanes of at least 4 members (excludes halogenated alkanes) is 3. The predicted octanol–water partition coefficient (Wildman–Crippen LogP) is 1.97. The summed E-state index contributed by atoms with van der Waals surface area (Å²) >= 11 is 1.56. The monoisotopic (exact) mass is 634 g/mol. The Morgan fingerprint density at radius 2 is 1.84 bits per heavy atom. The molecule has 5 amide bonds. The summed E-state index contributed by atoms with van der Waals surface area (Å²) in [4.78, 5) is 74.7. The Morgan fingerprint density at radius 1 is 1.04 bits per heavy atom. The first-order valence-corrected chi connectivity index (χ1v) is 16.0. The maximum absolute atomic E-state index is 13.2. The van der Waals surface area contributed by atoms with Crippen LogP contribution < -0.4 is 20.9 Å². The van der Waals surface area contributed by atoms with Crippen molar-refractivity contribution in [2.75, 3.05) is 49.6 Å². The van der Waals surface area contributed by atoms with E-state index in [1.807, 2.05) is 5.38 Å². The van der Waals surface area contributed by atoms with Crippen LogP contribution in [-0.4, -0.2) is 94.4 Å². The zero-order valence-electron chi connectivity index (χ0n) is 24.6. The maximum Gasteiger partial charge on any atom is 0.271 e. The highest BCUT2D eigenvalue weighted by Crippen LogP contribution is 2.32. The molecule has 6 rings (SSSR count). The van der Waals surface area contributed by atoms with E-state index < -0.39 is 29.7 Å². The topological polar surface area (TPSA) is 168 Å². The third-order valence-corrected chi connectivity index (χ3v) is 8.90. The number of carbonyl (C=O) groups is 5. The predicted molar refractivity (Wildman–Crippen MR) is 165 cm³/mol. The molecule has 0 saturated carbocycles. The number of rotatable bonds is 12. The highest BCUT2D eigenvalue weighted by atomic mass is 32.1. The van der Waals surface area contributed by atoms with Gasteiger partial charge in [0.25, 0.3) is 17.7 Å². The number of benzene rings is 1. The lowest BCUT2D eigenvalue weighted by Gasteiger charge is -2.27. The zero-order chi connectivity index (χ0) is 31.3. The van der Waals surface area contributed by atoms with Gasteiger partial charge in [-0.2, -0.15) is 0 Å². The second-order valence-corrected chi connectivity index (χ2v) is 11.9. The van der Waals surface area contributed by atoms with Crippen molar-refractivity contribution in [3.05, 3.63) is 52.9 Å². The number of nitrogens with zero attached hydrogens (tertiary/aromatic N) is 5. The number of hydrogen-bond acceptors (Lipinski definition) is 11. The van der Waals surface area contributed by atoms with Crippen LogP contribution in [0.5, 0.6) is 0 Å². The number of piperidine rings is 1. The number of imidazole rings is 1. The van der Waals surface area contributed by atoms with Crippen LogP contribution in [0.3, 0.4) is 0 Å². The van der Waals surface area contributed by atoms with E-state index in [2.05, 4.69) is 30.8 Å². The molecular weight excluding hydrogens is 600 g/mol. The van der Waals surface area contributed by atoms with Crippen molar-refractivity contribution in [2.24, 2.45) is 0 Å². The van der Waals surface area contributed by atoms with Gasteiger partial charge in [-0.1, -0.05) is 18.9 Å². The molecule has 3 aliphatic heterocycles. The van der Waals surface area contributed by atoms with Gasteiger partial charge in [-0.05, 0) is 31.4 Å². The van der Waals surface area contributed by atoms with Crippen LogP contribution in [0.4, 0.5) is 10.8 Å². The number of morpholine rings is 1. The van der Waals surface area contributed by atoms with E-state index in [9.17, 15) is 24.0 Å². The number of amides is 5. The Hall–Kier alpha value is -4.63. The summed E-state index contributed by atoms with van der Waals surface area (Å²) < 4.78 is 7.15. The van der Waals surface area contributed by atoms with Gasteiger partial charge < -0.3 is 20.3 Å². The lowest BCUT2D eigenvalue weighted by atomic mass is 10.0. The molecule has 0 aliphatic carbocycles. The molecule has 5 heterocycles. The number of thiazole rings is 1. The van der Waals surface area contributed by atoms with Crippen LogP contribution in [0.1, 0.15) is 69.7 Å². The van der Waals surface area contributed by atoms with Crippen molar-refractivity contribution >= 4 is 51.7 Å². The van der Waals surface area contributed by atoms with Crippen molar-refractivity contribution in [3.63, 3.8) is 0 Å². The Balaban J connectivity index is 0.909. The number of hydrogen-bond donors (Lipinski definition) is 3. The van der Waals surface area contributed by atoms with Gasteiger partial charge in [0.1, 0.15) is 18.1 Å². The van der Waals surface area contributed by atoms with Gasteiger partial charge in [0, 0.05) is 49.9 Å². The normalized spacial score (nSPS) is 18.3. The SMILES string of the molecule is O=C1CCC(N2C(=O)c3cccc(NCCCCCCNC(=O)c4cn(-c5csc(N6CCOCC6)n5)cn4)c3C2=O)C(=O)N1. The van der Waals surface area contributed by atoms with Crippen LogP contribution in [0.25, 0.3) is 5.82 Å². The van der Waals surface area contributed by atoms with Crippen molar-refractivity contribution in [1.29, 1.82) is 0 Å². The lowest BCUT2D eigenvalue weighted by Crippen LogP contribution is -2.54. The molecule has 15 heteroatoms. The van der Waals surface area contributed by atoms with E-state index >= 15 is 0 Å². The third kappa shape index (κ3) is 6.59. The van der Waals surface area contributed by atoms with Crippen molar-refractivity contribution < 1.29 is 28.7 Å². The van der Waals surface area contributed by atoms with Crippen LogP contribution >= 0.6 is 11.3 Å². The standard InChI is InChI=1S/C30H34N8O6S/c39-24-9-8-22(27(41)35-24)38-28(42)19-6-5-7-20(25(19)29(38)43)31-10-3-1-2-4-11-32-26(40)21-16-37(18-33-21)23-17-45-30(34-23)36-12-14-44-15-13-36/h5-7,16-18,22,31H,1-4,8-15H2,(H,32,40)(H,35,39,41). The fourth-order valence-electron chi connectivity index (χ4n) is 5.62. The van der Waals surface area contributed by atoms with Crippen LogP contribution in [-0.2, 0) is 14.3 Å². The second kappa shape index (κ2) is 13.6. The molecule has 1 unspecified atom stereocenters. The Labute approximate surface area is 263 Å². The molecule has 2 aromatic heterocycles. The van der Waals surface area contributed by atoms with Gasteiger partial charge in [-0.3, -0.25) is 38.8 Å². The van der Waals surface area contributed by atoms with Crippen LogP contribution in [0.2, 0.25) is 0 Å². The van der Waals surface area contributed by atoms with E-state index in [4.69, 9.17) is 4.74 Å². The first kappa shape index (κ1) is 30.4. The number of ether oxygens (including phenoxy) is 1. The van der Waals surface area contributed by atoms with Crippen molar-refractivity contribution in [3.8, 4) is 5.82 Å². The van der Waals surface area contributed by atoms with E-state index in [0.29, 0.717) is 37.7 Å². The second-order valence-electron chi connectivity index (χ2n) is 11.0. The smallest absolute Gasteiger partial charge is 0.271 e. The largest absolute Gasteiger partial charge is 0.384 e. The summed E-state index contributed by atoms with van der Waals surface area (Å²) in [7, 11) is 0. The van der Waals surface area contributed by atoms with Gasteiger partial charge in [0.05, 0.1) is 24.3 Å². The number of nitrogens with one attached hydrogen (secondary N) is 3. The van der Waals surface area contributed by atoms with Crippen LogP contribution in [0, 0.1) is 0 Å². The highest BCUT2D eigenvalue weighted by Gasteiger charge is 2.45. The number of anilines is 2. The van der Waals surface area contributed by atoms with Crippen LogP contribution in [0.15, 0.2) is 36.1 Å². The molecule has 45 heavy (non-hydrogen) atoms. The highest BCUT2D eigenvalue weighted by molar-refractivity contribution is 7.14. The summed E-state index contributed by atoms with van der Waals surface area (Å²) in [6.07, 6.45) is 6.89. The molecule has 1 atom stereocenters. The summed E-state index contributed by atoms with van der Waals surface area (Å²) in [5.74, 6) is -1.60. The molecular formula is C30H34N8O6S. The number of carbonyl (C=O) groups excluding carboxylic acids is 5. The zero-order valence-corrected chi connectivity index (χ0v) is 25.4. The van der Waals surface area contributed by atoms with E-state index in [-0.39, 0.29) is 29.9 Å². The summed E-state index contributed by atoms with van der Waals surface area (Å²) in [6, 6.07) is 4.02. The van der Waals surface area contributed by atoms with Crippen molar-refractivity contribution in [1.82, 2.24) is 30.1 Å². The first-order valence-electron chi connectivity index (χ1n) is 15.1. The molecule has 236 valence electrons. The fourth-order valence-corrected chi connectivity index (χ4v) is 6.48. The van der Waals surface area contributed by atoms with Gasteiger partial charge in [0.2, 0.25) is 11.8 Å². The minimum atomic E-state index is -0.995. The summed E-state index contributed by atoms with van der Waals surface area (Å²) in [5, 5.41) is 11.3. The van der Waals surface area contributed by atoms with E-state index in [0.717, 1.165) is 54.6 Å². The Kier molecular flexibility index (Phi) is 9.16. The molecule has 14 nitrogen and oxygen atoms in total. The molecule has 3 aromatic rings. The summed E-state index contributed by atoms with van der Waals surface area (Å²) in [6.45, 7) is 4.12. The maximum atomic E-state index is 13.2. The molecule has 0 radical (unpaired) electrons. The molecule has 3 N–H and O–H groups in total. The average molecular weight is 635 g/mol. The molecule has 2 saturated heterocycles. The quantitative estimate of drug-likeness (QED) is 0.198. The Morgan fingerprint density at radius 3 is 2.64 bits per heavy atom. The molecule has 1 aromatic carbocycles. The fraction of sp³-hybridized carbons (Fsp3) is 0.433. The molecule has 2 fully saturated rings. The first-order chi connectivity index (χ1) is 21.9.